The topological polar surface area (TPSA) is 123 Å². The fraction of sp³-hybridized carbons (Fsp3) is 0.500. The van der Waals surface area contributed by atoms with Crippen molar-refractivity contribution in [2.24, 2.45) is 0 Å². The molecule has 0 saturated carbocycles. The zero-order chi connectivity index (χ0) is 21.9. The molecule has 1 aromatic rings. The van der Waals surface area contributed by atoms with Crippen molar-refractivity contribution in [2.75, 3.05) is 25.6 Å². The Labute approximate surface area is 176 Å². The maximum atomic E-state index is 12.2. The van der Waals surface area contributed by atoms with E-state index < -0.39 is 21.9 Å². The molecule has 0 aliphatic rings. The lowest BCUT2D eigenvalue weighted by molar-refractivity contribution is -0.146. The minimum atomic E-state index is -3.59. The van der Waals surface area contributed by atoms with Crippen LogP contribution in [-0.2, 0) is 29.1 Å². The van der Waals surface area contributed by atoms with Gasteiger partial charge >= 0.3 is 5.97 Å². The molecule has 0 saturated heterocycles. The fourth-order valence-electron chi connectivity index (χ4n) is 2.01. The fourth-order valence-corrected chi connectivity index (χ4v) is 3.57. The van der Waals surface area contributed by atoms with Crippen molar-refractivity contribution in [3.63, 3.8) is 0 Å². The molecule has 0 bridgehead atoms. The second-order valence-electron chi connectivity index (χ2n) is 6.17. The first kappa shape index (κ1) is 25.0. The molecule has 0 aliphatic carbocycles. The first-order valence-corrected chi connectivity index (χ1v) is 10.9. The van der Waals surface area contributed by atoms with Crippen LogP contribution >= 0.6 is 12.2 Å². The molecule has 162 valence electrons. The van der Waals surface area contributed by atoms with E-state index in [0.717, 1.165) is 0 Å². The van der Waals surface area contributed by atoms with Gasteiger partial charge in [0.15, 0.2) is 5.11 Å². The summed E-state index contributed by atoms with van der Waals surface area (Å²) in [6.45, 7) is 4.10. The summed E-state index contributed by atoms with van der Waals surface area (Å²) in [5, 5.41) is 5.27. The van der Waals surface area contributed by atoms with Crippen LogP contribution in [0.15, 0.2) is 29.2 Å². The number of amides is 1. The van der Waals surface area contributed by atoms with Gasteiger partial charge in [0.1, 0.15) is 6.61 Å². The van der Waals surface area contributed by atoms with E-state index >= 15 is 0 Å². The molecular weight excluding hydrogens is 418 g/mol. The second kappa shape index (κ2) is 12.5. The number of thiocarbonyl (C=S) groups is 1. The number of sulfonamides is 1. The van der Waals surface area contributed by atoms with Crippen molar-refractivity contribution in [3.8, 4) is 0 Å². The number of nitrogens with one attached hydrogen (secondary N) is 3. The second-order valence-corrected chi connectivity index (χ2v) is 8.29. The van der Waals surface area contributed by atoms with Gasteiger partial charge < -0.3 is 20.1 Å². The predicted octanol–water partition coefficient (Wildman–Crippen LogP) is 1.55. The van der Waals surface area contributed by atoms with Crippen LogP contribution in [0.25, 0.3) is 0 Å². The van der Waals surface area contributed by atoms with E-state index in [1.807, 2.05) is 6.92 Å². The van der Waals surface area contributed by atoms with Crippen LogP contribution in [0.5, 0.6) is 0 Å². The summed E-state index contributed by atoms with van der Waals surface area (Å²) in [5.41, 5.74) is 0.511. The van der Waals surface area contributed by atoms with E-state index in [1.165, 1.54) is 31.4 Å². The molecule has 9 nitrogen and oxygen atoms in total. The molecule has 0 heterocycles. The predicted molar refractivity (Wildman–Crippen MR) is 113 cm³/mol. The monoisotopic (exact) mass is 445 g/mol. The normalized spacial score (nSPS) is 12.1. The summed E-state index contributed by atoms with van der Waals surface area (Å²) >= 11 is 5.05. The van der Waals surface area contributed by atoms with Gasteiger partial charge in [-0.1, -0.05) is 6.92 Å². The number of hydrogen-bond donors (Lipinski definition) is 3. The Balaban J connectivity index is 2.48. The van der Waals surface area contributed by atoms with Crippen LogP contribution in [0.3, 0.4) is 0 Å². The van der Waals surface area contributed by atoms with E-state index in [0.29, 0.717) is 18.7 Å². The van der Waals surface area contributed by atoms with Crippen LogP contribution in [0, 0.1) is 0 Å². The number of ether oxygens (including phenoxy) is 2. The molecule has 0 spiro atoms. The Kier molecular flexibility index (Phi) is 10.7. The molecule has 1 amide bonds. The van der Waals surface area contributed by atoms with Gasteiger partial charge in [-0.3, -0.25) is 9.59 Å². The van der Waals surface area contributed by atoms with E-state index in [2.05, 4.69) is 15.4 Å². The molecule has 1 unspecified atom stereocenters. The average Bonchev–Trinajstić information content (AvgIpc) is 2.66. The Morgan fingerprint density at radius 3 is 2.38 bits per heavy atom. The van der Waals surface area contributed by atoms with Gasteiger partial charge in [0, 0.05) is 25.3 Å². The molecule has 1 atom stereocenters. The maximum Gasteiger partial charge on any atom is 0.306 e. The van der Waals surface area contributed by atoms with Crippen LogP contribution in [-0.4, -0.2) is 51.8 Å². The minimum Gasteiger partial charge on any atom is -0.463 e. The van der Waals surface area contributed by atoms with Crippen molar-refractivity contribution >= 4 is 44.9 Å². The van der Waals surface area contributed by atoms with E-state index in [-0.39, 0.29) is 35.5 Å². The highest BCUT2D eigenvalue weighted by Gasteiger charge is 2.16. The minimum absolute atomic E-state index is 0.0380. The first-order chi connectivity index (χ1) is 13.7. The van der Waals surface area contributed by atoms with Gasteiger partial charge in [-0.25, -0.2) is 13.1 Å². The Morgan fingerprint density at radius 1 is 1.14 bits per heavy atom. The standard InChI is InChI=1S/C18H27N3O6S2/c1-4-13(2)21-29(24,25)15-7-5-14(6-8-15)19-18(28)20-16(22)9-10-17(23)27-12-11-26-3/h5-8,13,21H,4,9-12H2,1-3H3,(H2,19,20,22,28). The highest BCUT2D eigenvalue weighted by molar-refractivity contribution is 7.89. The molecule has 0 radical (unpaired) electrons. The summed E-state index contributed by atoms with van der Waals surface area (Å²) in [6.07, 6.45) is 0.526. The van der Waals surface area contributed by atoms with Crippen LogP contribution in [0.2, 0.25) is 0 Å². The van der Waals surface area contributed by atoms with Gasteiger partial charge in [0.05, 0.1) is 17.9 Å². The zero-order valence-corrected chi connectivity index (χ0v) is 18.3. The molecule has 0 aromatic heterocycles. The van der Waals surface area contributed by atoms with Gasteiger partial charge in [0.2, 0.25) is 15.9 Å². The highest BCUT2D eigenvalue weighted by Crippen LogP contribution is 2.14. The number of carbonyl (C=O) groups is 2. The van der Waals surface area contributed by atoms with Crippen LogP contribution in [0.1, 0.15) is 33.1 Å². The van der Waals surface area contributed by atoms with Crippen LogP contribution < -0.4 is 15.4 Å². The largest absolute Gasteiger partial charge is 0.463 e. The van der Waals surface area contributed by atoms with Gasteiger partial charge in [0.25, 0.3) is 0 Å². The van der Waals surface area contributed by atoms with Crippen molar-refractivity contribution in [1.82, 2.24) is 10.0 Å². The third-order valence-corrected chi connectivity index (χ3v) is 5.56. The van der Waals surface area contributed by atoms with Gasteiger partial charge in [-0.2, -0.15) is 0 Å². The molecule has 29 heavy (non-hydrogen) atoms. The molecule has 0 fully saturated rings. The van der Waals surface area contributed by atoms with Gasteiger partial charge in [-0.15, -0.1) is 0 Å². The lowest BCUT2D eigenvalue weighted by Gasteiger charge is -2.13. The zero-order valence-electron chi connectivity index (χ0n) is 16.7. The number of anilines is 1. The summed E-state index contributed by atoms with van der Waals surface area (Å²) in [5.74, 6) is -0.943. The molecular formula is C18H27N3O6S2. The average molecular weight is 446 g/mol. The SMILES string of the molecule is CCC(C)NS(=O)(=O)c1ccc(NC(=S)NC(=O)CCC(=O)OCCOC)cc1. The van der Waals surface area contributed by atoms with Crippen molar-refractivity contribution in [2.45, 2.75) is 44.0 Å². The Hall–Kier alpha value is -2.08. The number of esters is 1. The summed E-state index contributed by atoms with van der Waals surface area (Å²) in [7, 11) is -2.10. The summed E-state index contributed by atoms with van der Waals surface area (Å²) < 4.78 is 36.6. The number of methoxy groups -OCH3 is 1. The molecule has 1 aromatic carbocycles. The van der Waals surface area contributed by atoms with Crippen molar-refractivity contribution in [3.05, 3.63) is 24.3 Å². The number of carbonyl (C=O) groups excluding carboxylic acids is 2. The lowest BCUT2D eigenvalue weighted by Crippen LogP contribution is -2.34. The number of hydrogen-bond acceptors (Lipinski definition) is 7. The highest BCUT2D eigenvalue weighted by atomic mass is 32.2. The van der Waals surface area contributed by atoms with Gasteiger partial charge in [-0.05, 0) is 49.8 Å². The molecule has 0 aliphatic heterocycles. The van der Waals surface area contributed by atoms with Crippen molar-refractivity contribution in [1.29, 1.82) is 0 Å². The summed E-state index contributed by atoms with van der Waals surface area (Å²) in [4.78, 5) is 23.4. The maximum absolute atomic E-state index is 12.2. The molecule has 11 heteroatoms. The van der Waals surface area contributed by atoms with Crippen molar-refractivity contribution < 1.29 is 27.5 Å². The number of rotatable bonds is 11. The number of benzene rings is 1. The lowest BCUT2D eigenvalue weighted by atomic mass is 10.3. The first-order valence-electron chi connectivity index (χ1n) is 9.05. The Bertz CT molecular complexity index is 796. The third kappa shape index (κ3) is 9.79. The van der Waals surface area contributed by atoms with Crippen LogP contribution in [0.4, 0.5) is 5.69 Å². The Morgan fingerprint density at radius 2 is 1.79 bits per heavy atom. The van der Waals surface area contributed by atoms with E-state index in [1.54, 1.807) is 6.92 Å². The quantitative estimate of drug-likeness (QED) is 0.266. The summed E-state index contributed by atoms with van der Waals surface area (Å²) in [6, 6.07) is 5.78. The molecule has 1 rings (SSSR count). The molecule has 3 N–H and O–H groups in total. The van der Waals surface area contributed by atoms with E-state index in [4.69, 9.17) is 21.7 Å². The third-order valence-electron chi connectivity index (χ3n) is 3.75. The smallest absolute Gasteiger partial charge is 0.306 e. The van der Waals surface area contributed by atoms with E-state index in [9.17, 15) is 18.0 Å².